The highest BCUT2D eigenvalue weighted by Crippen LogP contribution is 2.37. The van der Waals surface area contributed by atoms with Crippen molar-refractivity contribution in [3.8, 4) is 0 Å². The van der Waals surface area contributed by atoms with Gasteiger partial charge in [-0.15, -0.1) is 0 Å². The Bertz CT molecular complexity index is 571. The number of unbranched alkanes of at least 4 members (excludes halogenated alkanes) is 2. The molecule has 0 aromatic heterocycles. The van der Waals surface area contributed by atoms with Crippen LogP contribution in [0.25, 0.3) is 0 Å². The van der Waals surface area contributed by atoms with Crippen LogP contribution in [0.2, 0.25) is 0 Å². The molecule has 2 saturated heterocycles. The van der Waals surface area contributed by atoms with Crippen LogP contribution in [0.5, 0.6) is 0 Å². The molecule has 4 aliphatic rings. The normalized spacial score (nSPS) is 27.8. The molecule has 4 heteroatoms. The first-order valence-electron chi connectivity index (χ1n) is 10.2. The third-order valence-electron chi connectivity index (χ3n) is 5.30. The number of piperidine rings is 1. The van der Waals surface area contributed by atoms with Crippen LogP contribution in [0, 0.1) is 0 Å². The van der Waals surface area contributed by atoms with Crippen molar-refractivity contribution >= 4 is 6.72 Å². The van der Waals surface area contributed by atoms with Gasteiger partial charge in [-0.3, -0.25) is 10.3 Å². The van der Waals surface area contributed by atoms with Gasteiger partial charge in [-0.05, 0) is 51.5 Å². The molecule has 0 spiro atoms. The molecule has 144 valence electrons. The number of hydrogen-bond donors (Lipinski definition) is 2. The van der Waals surface area contributed by atoms with Gasteiger partial charge in [-0.1, -0.05) is 45.8 Å². The summed E-state index contributed by atoms with van der Waals surface area (Å²) >= 11 is 0. The molecule has 3 fully saturated rings. The first-order valence-corrected chi connectivity index (χ1v) is 10.2. The summed E-state index contributed by atoms with van der Waals surface area (Å²) in [7, 11) is 0. The van der Waals surface area contributed by atoms with E-state index >= 15 is 0 Å². The fourth-order valence-corrected chi connectivity index (χ4v) is 3.94. The predicted octanol–water partition coefficient (Wildman–Crippen LogP) is 4.85. The van der Waals surface area contributed by atoms with Crippen molar-refractivity contribution in [3.63, 3.8) is 0 Å². The van der Waals surface area contributed by atoms with Gasteiger partial charge in [0.1, 0.15) is 5.70 Å². The van der Waals surface area contributed by atoms with Crippen LogP contribution in [-0.2, 0) is 0 Å². The van der Waals surface area contributed by atoms with E-state index in [-0.39, 0.29) is 5.66 Å². The minimum Gasteiger partial charge on any atom is -0.366 e. The van der Waals surface area contributed by atoms with E-state index in [1.807, 2.05) is 12.2 Å². The summed E-state index contributed by atoms with van der Waals surface area (Å²) in [6.45, 7) is 15.4. The zero-order chi connectivity index (χ0) is 19.0. The van der Waals surface area contributed by atoms with Crippen LogP contribution in [0.1, 0.15) is 65.7 Å². The van der Waals surface area contributed by atoms with E-state index in [2.05, 4.69) is 66.9 Å². The zero-order valence-corrected chi connectivity index (χ0v) is 16.9. The molecule has 1 aliphatic carbocycles. The maximum Gasteiger partial charge on any atom is 0.108 e. The van der Waals surface area contributed by atoms with Crippen LogP contribution >= 0.6 is 0 Å². The molecule has 3 aliphatic heterocycles. The first kappa shape index (κ1) is 20.5. The summed E-state index contributed by atoms with van der Waals surface area (Å²) in [5.74, 6) is 0. The van der Waals surface area contributed by atoms with Crippen LogP contribution in [-0.4, -0.2) is 29.9 Å². The molecule has 4 nitrogen and oxygen atoms in total. The Kier molecular flexibility index (Phi) is 7.70. The van der Waals surface area contributed by atoms with Crippen LogP contribution in [0.15, 0.2) is 53.1 Å². The van der Waals surface area contributed by atoms with Gasteiger partial charge >= 0.3 is 0 Å². The van der Waals surface area contributed by atoms with Gasteiger partial charge in [0.2, 0.25) is 0 Å². The molecule has 0 radical (unpaired) electrons. The fraction of sp³-hybridized carbons (Fsp3) is 0.591. The average molecular weight is 357 g/mol. The number of nitrogens with one attached hydrogen (secondary N) is 2. The summed E-state index contributed by atoms with van der Waals surface area (Å²) in [6, 6.07) is 0.677. The van der Waals surface area contributed by atoms with Crippen molar-refractivity contribution in [2.24, 2.45) is 4.99 Å². The van der Waals surface area contributed by atoms with Crippen molar-refractivity contribution < 1.29 is 0 Å². The number of fused-ring (bicyclic) bond motifs is 2. The summed E-state index contributed by atoms with van der Waals surface area (Å²) in [5.41, 5.74) is 2.77. The highest BCUT2D eigenvalue weighted by Gasteiger charge is 2.46. The molecule has 2 unspecified atom stereocenters. The van der Waals surface area contributed by atoms with Gasteiger partial charge in [-0.25, -0.2) is 0 Å². The minimum absolute atomic E-state index is 0.0295. The monoisotopic (exact) mass is 356 g/mol. The molecule has 0 aromatic carbocycles. The average Bonchev–Trinajstić information content (AvgIpc) is 2.63. The highest BCUT2D eigenvalue weighted by molar-refractivity contribution is 5.45. The zero-order valence-electron chi connectivity index (χ0n) is 16.9. The molecule has 3 heterocycles. The van der Waals surface area contributed by atoms with E-state index in [4.69, 9.17) is 0 Å². The number of allylic oxidation sites excluding steroid dienone is 3. The van der Waals surface area contributed by atoms with Gasteiger partial charge in [-0.2, -0.15) is 0 Å². The van der Waals surface area contributed by atoms with Gasteiger partial charge in [0, 0.05) is 18.8 Å². The molecule has 1 saturated carbocycles. The minimum atomic E-state index is 0.0295. The van der Waals surface area contributed by atoms with Gasteiger partial charge in [0.15, 0.2) is 0 Å². The van der Waals surface area contributed by atoms with Crippen molar-refractivity contribution in [1.29, 1.82) is 0 Å². The van der Waals surface area contributed by atoms with E-state index in [1.165, 1.54) is 38.5 Å². The van der Waals surface area contributed by atoms with E-state index < -0.39 is 0 Å². The Morgan fingerprint density at radius 3 is 2.58 bits per heavy atom. The largest absolute Gasteiger partial charge is 0.366 e. The fourth-order valence-electron chi connectivity index (χ4n) is 3.94. The Balaban J connectivity index is 0.000000431. The van der Waals surface area contributed by atoms with E-state index in [1.54, 1.807) is 0 Å². The SMILES string of the molecule is C=N/C(C(=C)NC12CCCC(C1)N2)=C1/C=CC=CN1CC.CCCCC. The molecule has 0 aromatic rings. The summed E-state index contributed by atoms with van der Waals surface area (Å²) in [4.78, 5) is 6.40. The molecule has 26 heavy (non-hydrogen) atoms. The lowest BCUT2D eigenvalue weighted by molar-refractivity contribution is 0.0491. The van der Waals surface area contributed by atoms with Gasteiger partial charge < -0.3 is 10.2 Å². The lowest BCUT2D eigenvalue weighted by atomic mass is 9.76. The maximum atomic E-state index is 4.24. The smallest absolute Gasteiger partial charge is 0.108 e. The van der Waals surface area contributed by atoms with E-state index in [0.717, 1.165) is 30.1 Å². The first-order chi connectivity index (χ1) is 12.6. The van der Waals surface area contributed by atoms with Crippen molar-refractivity contribution in [1.82, 2.24) is 15.5 Å². The molecule has 2 atom stereocenters. The van der Waals surface area contributed by atoms with Gasteiger partial charge in [0.25, 0.3) is 0 Å². The Morgan fingerprint density at radius 1 is 1.35 bits per heavy atom. The lowest BCUT2D eigenvalue weighted by Gasteiger charge is -2.54. The molecule has 2 N–H and O–H groups in total. The molecule has 4 rings (SSSR count). The Morgan fingerprint density at radius 2 is 2.08 bits per heavy atom. The quantitative estimate of drug-likeness (QED) is 0.641. The maximum absolute atomic E-state index is 4.24. The molecule has 2 bridgehead atoms. The highest BCUT2D eigenvalue weighted by atomic mass is 15.3. The Labute approximate surface area is 159 Å². The van der Waals surface area contributed by atoms with Crippen LogP contribution in [0.3, 0.4) is 0 Å². The van der Waals surface area contributed by atoms with Crippen molar-refractivity contribution in [3.05, 3.63) is 48.1 Å². The summed E-state index contributed by atoms with van der Waals surface area (Å²) in [5, 5.41) is 7.20. The Hall–Kier alpha value is -1.81. The summed E-state index contributed by atoms with van der Waals surface area (Å²) < 4.78 is 0. The second kappa shape index (κ2) is 9.77. The summed E-state index contributed by atoms with van der Waals surface area (Å²) in [6.07, 6.45) is 17.1. The number of rotatable bonds is 7. The second-order valence-electron chi connectivity index (χ2n) is 7.36. The standard InChI is InChI=1S/C17H24N4.C5H12/c1-4-21-11-6-5-9-15(21)16(18-3)13(2)19-17-10-7-8-14(12-17)20-17;1-3-5-4-2/h5-6,9,11,14,19-20H,2-4,7-8,10,12H2,1H3;3-5H2,1-2H3/b16-15-;. The number of likely N-dealkylation sites (N-methyl/N-ethyl adjacent to an activating group) is 1. The van der Waals surface area contributed by atoms with Crippen molar-refractivity contribution in [2.45, 2.75) is 77.4 Å². The van der Waals surface area contributed by atoms with E-state index in [0.29, 0.717) is 6.04 Å². The van der Waals surface area contributed by atoms with Crippen LogP contribution < -0.4 is 10.6 Å². The molecule has 0 amide bonds. The lowest BCUT2D eigenvalue weighted by Crippen LogP contribution is -2.72. The number of hydrogen-bond acceptors (Lipinski definition) is 4. The third-order valence-corrected chi connectivity index (χ3v) is 5.30. The number of nitrogens with zero attached hydrogens (tertiary/aromatic N) is 2. The topological polar surface area (TPSA) is 39.7 Å². The van der Waals surface area contributed by atoms with Crippen LogP contribution in [0.4, 0.5) is 0 Å². The molecular formula is C22H36N4. The molecular weight excluding hydrogens is 320 g/mol. The predicted molar refractivity (Wildman–Crippen MR) is 113 cm³/mol. The second-order valence-corrected chi connectivity index (χ2v) is 7.36. The third kappa shape index (κ3) is 4.88. The van der Waals surface area contributed by atoms with Crippen molar-refractivity contribution in [2.75, 3.05) is 6.54 Å². The number of aliphatic imine (C=N–C) groups is 1. The van der Waals surface area contributed by atoms with E-state index in [9.17, 15) is 0 Å². The van der Waals surface area contributed by atoms with Gasteiger partial charge in [0.05, 0.1) is 17.1 Å².